The maximum atomic E-state index is 9.08. The van der Waals surface area contributed by atoms with Gasteiger partial charge in [-0.1, -0.05) is 0 Å². The van der Waals surface area contributed by atoms with E-state index in [-0.39, 0.29) is 9.27 Å². The summed E-state index contributed by atoms with van der Waals surface area (Å²) in [6.45, 7) is 1.61. The normalized spacial score (nSPS) is 49.2. The lowest BCUT2D eigenvalue weighted by molar-refractivity contribution is -0.226. The number of rotatable bonds is 0. The van der Waals surface area contributed by atoms with Crippen molar-refractivity contribution in [2.24, 2.45) is 0 Å². The van der Waals surface area contributed by atoms with Gasteiger partial charge in [0.05, 0.1) is 12.2 Å². The molecule has 1 saturated heterocycles. The number of hydrogen-bond acceptors (Lipinski definition) is 4. The molecular formula is C6H14O4+2. The standard InChI is InChI=1S/C6H12O4/c1-3-6(9)4(7)2-5(8)10-3/h3-9H,2H2,1H3/p+2/t3-,4-,5-,6-/m1/s1. The molecule has 0 aromatic rings. The average Bonchev–Trinajstić information content (AvgIpc) is 1.82. The highest BCUT2D eigenvalue weighted by atomic mass is 16.6. The van der Waals surface area contributed by atoms with Crippen molar-refractivity contribution < 1.29 is 22.9 Å². The zero-order valence-electron chi connectivity index (χ0n) is 7.77. The Balaban J connectivity index is 0. The van der Waals surface area contributed by atoms with E-state index in [9.17, 15) is 0 Å². The molecule has 3 N–H and O–H groups in total. The smallest absolute Gasteiger partial charge is 0.390 e. The lowest BCUT2D eigenvalue weighted by Crippen LogP contribution is -2.46. The number of hydrogen-bond donors (Lipinski definition) is 3. The maximum Gasteiger partial charge on any atom is 1.00 e. The molecule has 0 aromatic heterocycles. The van der Waals surface area contributed by atoms with Crippen LogP contribution >= 0.6 is 0 Å². The molecule has 60 valence electrons. The predicted octanol–water partition coefficient (Wildman–Crippen LogP) is -0.940. The Bertz CT molecular complexity index is 112. The first-order valence-corrected chi connectivity index (χ1v) is 3.31. The second-order valence-electron chi connectivity index (χ2n) is 2.59. The van der Waals surface area contributed by atoms with E-state index < -0.39 is 24.6 Å². The largest absolute Gasteiger partial charge is 1.00 e. The van der Waals surface area contributed by atoms with Gasteiger partial charge in [0.2, 0.25) is 0 Å². The molecule has 0 saturated carbocycles. The third-order valence-electron chi connectivity index (χ3n) is 1.69. The highest BCUT2D eigenvalue weighted by Crippen LogP contribution is 2.17. The lowest BCUT2D eigenvalue weighted by Gasteiger charge is -2.32. The van der Waals surface area contributed by atoms with Crippen molar-refractivity contribution in [1.29, 1.82) is 0 Å². The zero-order chi connectivity index (χ0) is 7.72. The molecule has 0 bridgehead atoms. The van der Waals surface area contributed by atoms with E-state index in [1.807, 2.05) is 0 Å². The lowest BCUT2D eigenvalue weighted by atomic mass is 10.0. The fourth-order valence-corrected chi connectivity index (χ4v) is 1.04. The highest BCUT2D eigenvalue weighted by molar-refractivity contribution is 4.78. The van der Waals surface area contributed by atoms with Crippen LogP contribution in [0.3, 0.4) is 0 Å². The van der Waals surface area contributed by atoms with Gasteiger partial charge in [0, 0.05) is 6.42 Å². The molecule has 0 unspecified atom stereocenters. The Morgan fingerprint density at radius 3 is 2.50 bits per heavy atom. The van der Waals surface area contributed by atoms with Crippen molar-refractivity contribution >= 4 is 0 Å². The molecule has 4 nitrogen and oxygen atoms in total. The summed E-state index contributed by atoms with van der Waals surface area (Å²) in [5, 5.41) is 27.0. The molecule has 1 heterocycles. The molecule has 1 aliphatic heterocycles. The van der Waals surface area contributed by atoms with Gasteiger partial charge >= 0.3 is 2.85 Å². The first-order chi connectivity index (χ1) is 4.61. The zero-order valence-corrected chi connectivity index (χ0v) is 5.77. The van der Waals surface area contributed by atoms with Crippen LogP contribution in [0.5, 0.6) is 0 Å². The highest BCUT2D eigenvalue weighted by Gasteiger charge is 2.32. The van der Waals surface area contributed by atoms with Crippen LogP contribution in [-0.2, 0) is 4.74 Å². The van der Waals surface area contributed by atoms with Crippen LogP contribution < -0.4 is 0 Å². The Kier molecular flexibility index (Phi) is 2.25. The van der Waals surface area contributed by atoms with Gasteiger partial charge in [-0.2, -0.15) is 0 Å². The van der Waals surface area contributed by atoms with Crippen molar-refractivity contribution in [1.82, 2.24) is 0 Å². The first-order valence-electron chi connectivity index (χ1n) is 3.31. The van der Waals surface area contributed by atoms with Crippen molar-refractivity contribution in [3.05, 3.63) is 0 Å². The van der Waals surface area contributed by atoms with Crippen LogP contribution in [0.25, 0.3) is 0 Å². The fourth-order valence-electron chi connectivity index (χ4n) is 1.04. The molecule has 1 aliphatic rings. The van der Waals surface area contributed by atoms with Crippen LogP contribution in [0.4, 0.5) is 0 Å². The van der Waals surface area contributed by atoms with E-state index >= 15 is 0 Å². The molecule has 4 atom stereocenters. The van der Waals surface area contributed by atoms with E-state index in [0.717, 1.165) is 0 Å². The summed E-state index contributed by atoms with van der Waals surface area (Å²) in [4.78, 5) is 0. The topological polar surface area (TPSA) is 69.9 Å². The minimum atomic E-state index is -0.937. The van der Waals surface area contributed by atoms with Gasteiger partial charge in [0.1, 0.15) is 6.10 Å². The summed E-state index contributed by atoms with van der Waals surface area (Å²) in [6, 6.07) is 0. The monoisotopic (exact) mass is 150 g/mol. The van der Waals surface area contributed by atoms with Gasteiger partial charge in [-0.3, -0.25) is 0 Å². The Labute approximate surface area is 62.0 Å². The number of ether oxygens (including phenoxy) is 1. The molecule has 0 aliphatic carbocycles. The molecule has 1 rings (SSSR count). The Hall–Kier alpha value is -0.160. The fraction of sp³-hybridized carbons (Fsp3) is 1.00. The second-order valence-corrected chi connectivity index (χ2v) is 2.59. The Morgan fingerprint density at radius 2 is 2.00 bits per heavy atom. The van der Waals surface area contributed by atoms with Gasteiger partial charge in [0.25, 0.3) is 0 Å². The third-order valence-corrected chi connectivity index (χ3v) is 1.69. The van der Waals surface area contributed by atoms with Gasteiger partial charge in [-0.05, 0) is 6.92 Å². The third kappa shape index (κ3) is 1.46. The Morgan fingerprint density at radius 1 is 1.40 bits per heavy atom. The van der Waals surface area contributed by atoms with E-state index in [4.69, 9.17) is 20.1 Å². The van der Waals surface area contributed by atoms with Gasteiger partial charge < -0.3 is 20.1 Å². The summed E-state index contributed by atoms with van der Waals surface area (Å²) < 4.78 is 4.81. The van der Waals surface area contributed by atoms with Crippen LogP contribution in [0.2, 0.25) is 0 Å². The van der Waals surface area contributed by atoms with Crippen molar-refractivity contribution in [3.63, 3.8) is 0 Å². The molecule has 10 heavy (non-hydrogen) atoms. The summed E-state index contributed by atoms with van der Waals surface area (Å²) in [6.07, 6.45) is -3.07. The van der Waals surface area contributed by atoms with Crippen LogP contribution in [0.15, 0.2) is 0 Å². The van der Waals surface area contributed by atoms with Crippen molar-refractivity contribution in [3.8, 4) is 0 Å². The predicted molar refractivity (Wildman–Crippen MR) is 35.4 cm³/mol. The van der Waals surface area contributed by atoms with Gasteiger partial charge in [-0.15, -0.1) is 0 Å². The minimum absolute atomic E-state index is 0. The number of aliphatic hydroxyl groups is 3. The molecule has 0 aromatic carbocycles. The summed E-state index contributed by atoms with van der Waals surface area (Å²) in [5.74, 6) is 0. The van der Waals surface area contributed by atoms with E-state index in [1.54, 1.807) is 6.92 Å². The quantitative estimate of drug-likeness (QED) is 0.417. The maximum absolute atomic E-state index is 9.08. The molecule has 0 radical (unpaired) electrons. The van der Waals surface area contributed by atoms with Gasteiger partial charge in [-0.25, -0.2) is 0 Å². The molecule has 1 fully saturated rings. The molecule has 0 spiro atoms. The SMILES string of the molecule is C[C@H]1O[C@@H](O)C[C@@H](O)[C@@H]1O.[H+].[H+]. The van der Waals surface area contributed by atoms with Crippen LogP contribution in [0, 0.1) is 0 Å². The van der Waals surface area contributed by atoms with E-state index in [2.05, 4.69) is 0 Å². The van der Waals surface area contributed by atoms with Gasteiger partial charge in [0.15, 0.2) is 6.29 Å². The average molecular weight is 150 g/mol. The second kappa shape index (κ2) is 2.84. The minimum Gasteiger partial charge on any atom is -0.390 e. The first kappa shape index (κ1) is 7.94. The summed E-state index contributed by atoms with van der Waals surface area (Å²) in [5.41, 5.74) is 0. The molecule has 0 amide bonds. The summed E-state index contributed by atoms with van der Waals surface area (Å²) in [7, 11) is 0. The van der Waals surface area contributed by atoms with Crippen molar-refractivity contribution in [2.45, 2.75) is 37.9 Å². The van der Waals surface area contributed by atoms with Crippen LogP contribution in [0.1, 0.15) is 16.2 Å². The van der Waals surface area contributed by atoms with Crippen LogP contribution in [-0.4, -0.2) is 39.9 Å². The van der Waals surface area contributed by atoms with E-state index in [1.165, 1.54) is 0 Å². The summed E-state index contributed by atoms with van der Waals surface area (Å²) >= 11 is 0. The van der Waals surface area contributed by atoms with Crippen molar-refractivity contribution in [2.75, 3.05) is 0 Å². The van der Waals surface area contributed by atoms with E-state index in [0.29, 0.717) is 0 Å². The molecule has 4 heteroatoms. The molecular weight excluding hydrogens is 136 g/mol. The number of aliphatic hydroxyl groups excluding tert-OH is 3.